The average molecular weight is 439 g/mol. The van der Waals surface area contributed by atoms with E-state index in [1.807, 2.05) is 0 Å². The van der Waals surface area contributed by atoms with E-state index in [0.717, 1.165) is 12.1 Å². The summed E-state index contributed by atoms with van der Waals surface area (Å²) in [5.41, 5.74) is 0.498. The Morgan fingerprint density at radius 1 is 0.875 bits per heavy atom. The van der Waals surface area contributed by atoms with Crippen molar-refractivity contribution in [2.24, 2.45) is 0 Å². The second-order valence-electron chi connectivity index (χ2n) is 6.95. The van der Waals surface area contributed by atoms with E-state index in [9.17, 15) is 22.8 Å². The molecule has 0 atom stereocenters. The monoisotopic (exact) mass is 439 g/mol. The molecule has 2 N–H and O–H groups in total. The molecular formula is C23H16F3N3O3. The number of carbonyl (C=O) groups excluding carboxylic acids is 2. The molecule has 0 aliphatic heterocycles. The first-order chi connectivity index (χ1) is 15.2. The highest BCUT2D eigenvalue weighted by Gasteiger charge is 2.34. The van der Waals surface area contributed by atoms with Gasteiger partial charge >= 0.3 is 6.18 Å². The molecule has 9 heteroatoms. The molecule has 4 aromatic rings. The molecule has 0 aliphatic rings. The van der Waals surface area contributed by atoms with Gasteiger partial charge in [0.2, 0.25) is 0 Å². The SMILES string of the molecule is Cc1nc2ccc(NC(=O)c3cccc(NC(=O)c4ccccc4C(F)(F)F)c3)cc2o1. The van der Waals surface area contributed by atoms with Gasteiger partial charge in [0.05, 0.1) is 11.1 Å². The fraction of sp³-hybridized carbons (Fsp3) is 0.0870. The maximum Gasteiger partial charge on any atom is 0.417 e. The molecule has 32 heavy (non-hydrogen) atoms. The third-order valence-electron chi connectivity index (χ3n) is 4.61. The Bertz CT molecular complexity index is 1330. The van der Waals surface area contributed by atoms with Crippen molar-refractivity contribution < 1.29 is 27.2 Å². The third-order valence-corrected chi connectivity index (χ3v) is 4.61. The highest BCUT2D eigenvalue weighted by molar-refractivity contribution is 6.08. The van der Waals surface area contributed by atoms with E-state index in [1.165, 1.54) is 36.4 Å². The third kappa shape index (κ3) is 4.46. The van der Waals surface area contributed by atoms with Crippen LogP contribution in [0.4, 0.5) is 24.5 Å². The molecule has 6 nitrogen and oxygen atoms in total. The molecule has 2 amide bonds. The number of oxazole rings is 1. The number of alkyl halides is 3. The predicted octanol–water partition coefficient (Wildman–Crippen LogP) is 5.66. The second-order valence-corrected chi connectivity index (χ2v) is 6.95. The summed E-state index contributed by atoms with van der Waals surface area (Å²) >= 11 is 0. The molecule has 0 radical (unpaired) electrons. The topological polar surface area (TPSA) is 84.2 Å². The van der Waals surface area contributed by atoms with Gasteiger partial charge in [-0.3, -0.25) is 9.59 Å². The first-order valence-corrected chi connectivity index (χ1v) is 9.47. The van der Waals surface area contributed by atoms with E-state index >= 15 is 0 Å². The van der Waals surface area contributed by atoms with Crippen LogP contribution in [0.3, 0.4) is 0 Å². The van der Waals surface area contributed by atoms with Crippen molar-refractivity contribution in [3.05, 3.63) is 89.3 Å². The minimum atomic E-state index is -4.67. The average Bonchev–Trinajstić information content (AvgIpc) is 3.12. The van der Waals surface area contributed by atoms with Gasteiger partial charge in [-0.1, -0.05) is 18.2 Å². The molecule has 0 saturated heterocycles. The second kappa shape index (κ2) is 8.18. The zero-order valence-electron chi connectivity index (χ0n) is 16.7. The van der Waals surface area contributed by atoms with Crippen molar-refractivity contribution in [3.63, 3.8) is 0 Å². The van der Waals surface area contributed by atoms with Gasteiger partial charge in [0.15, 0.2) is 11.5 Å². The number of nitrogens with one attached hydrogen (secondary N) is 2. The molecule has 0 fully saturated rings. The van der Waals surface area contributed by atoms with Crippen LogP contribution in [0.2, 0.25) is 0 Å². The van der Waals surface area contributed by atoms with E-state index in [0.29, 0.717) is 22.7 Å². The number of carbonyl (C=O) groups is 2. The van der Waals surface area contributed by atoms with Gasteiger partial charge in [-0.15, -0.1) is 0 Å². The number of hydrogen-bond acceptors (Lipinski definition) is 4. The highest BCUT2D eigenvalue weighted by atomic mass is 19.4. The molecular weight excluding hydrogens is 423 g/mol. The minimum Gasteiger partial charge on any atom is -0.441 e. The molecule has 0 bridgehead atoms. The number of rotatable bonds is 4. The molecule has 0 aliphatic carbocycles. The minimum absolute atomic E-state index is 0.181. The van der Waals surface area contributed by atoms with Gasteiger partial charge in [-0.25, -0.2) is 4.98 Å². The van der Waals surface area contributed by atoms with Gasteiger partial charge < -0.3 is 15.1 Å². The Morgan fingerprint density at radius 3 is 2.38 bits per heavy atom. The van der Waals surface area contributed by atoms with E-state index in [4.69, 9.17) is 4.42 Å². The van der Waals surface area contributed by atoms with Crippen LogP contribution in [-0.4, -0.2) is 16.8 Å². The first-order valence-electron chi connectivity index (χ1n) is 9.47. The maximum absolute atomic E-state index is 13.2. The van der Waals surface area contributed by atoms with Crippen molar-refractivity contribution in [1.29, 1.82) is 0 Å². The Balaban J connectivity index is 1.52. The van der Waals surface area contributed by atoms with E-state index in [1.54, 1.807) is 25.1 Å². The number of aryl methyl sites for hydroxylation is 1. The Kier molecular flexibility index (Phi) is 5.40. The Labute approximate surface area is 180 Å². The van der Waals surface area contributed by atoms with Crippen molar-refractivity contribution >= 4 is 34.3 Å². The quantitative estimate of drug-likeness (QED) is 0.430. The van der Waals surface area contributed by atoms with Crippen LogP contribution in [0.25, 0.3) is 11.1 Å². The van der Waals surface area contributed by atoms with E-state index in [-0.39, 0.29) is 11.3 Å². The summed E-state index contributed by atoms with van der Waals surface area (Å²) in [7, 11) is 0. The lowest BCUT2D eigenvalue weighted by molar-refractivity contribution is -0.137. The van der Waals surface area contributed by atoms with Crippen LogP contribution < -0.4 is 10.6 Å². The molecule has 4 rings (SSSR count). The number of anilines is 2. The van der Waals surface area contributed by atoms with Crippen LogP contribution in [0.1, 0.15) is 32.2 Å². The normalized spacial score (nSPS) is 11.4. The zero-order chi connectivity index (χ0) is 22.9. The van der Waals surface area contributed by atoms with E-state index in [2.05, 4.69) is 15.6 Å². The smallest absolute Gasteiger partial charge is 0.417 e. The fourth-order valence-electron chi connectivity index (χ4n) is 3.19. The molecule has 0 spiro atoms. The Hall–Kier alpha value is -4.14. The van der Waals surface area contributed by atoms with Crippen molar-refractivity contribution in [2.45, 2.75) is 13.1 Å². The van der Waals surface area contributed by atoms with Gasteiger partial charge in [0.1, 0.15) is 5.52 Å². The number of hydrogen-bond donors (Lipinski definition) is 2. The summed E-state index contributed by atoms with van der Waals surface area (Å²) < 4.78 is 45.0. The number of amides is 2. The predicted molar refractivity (Wildman–Crippen MR) is 113 cm³/mol. The number of halogens is 3. The van der Waals surface area contributed by atoms with Crippen molar-refractivity contribution in [3.8, 4) is 0 Å². The van der Waals surface area contributed by atoms with Gasteiger partial charge in [0.25, 0.3) is 11.8 Å². The molecule has 3 aromatic carbocycles. The fourth-order valence-corrected chi connectivity index (χ4v) is 3.19. The van der Waals surface area contributed by atoms with Crippen LogP contribution in [0.15, 0.2) is 71.1 Å². The van der Waals surface area contributed by atoms with Crippen molar-refractivity contribution in [1.82, 2.24) is 4.98 Å². The van der Waals surface area contributed by atoms with Gasteiger partial charge in [-0.05, 0) is 42.5 Å². The summed E-state index contributed by atoms with van der Waals surface area (Å²) in [4.78, 5) is 29.3. The highest BCUT2D eigenvalue weighted by Crippen LogP contribution is 2.32. The van der Waals surface area contributed by atoms with Crippen LogP contribution in [0, 0.1) is 6.92 Å². The number of aromatic nitrogens is 1. The molecule has 162 valence electrons. The lowest BCUT2D eigenvalue weighted by Gasteiger charge is -2.13. The first kappa shape index (κ1) is 21.1. The summed E-state index contributed by atoms with van der Waals surface area (Å²) in [6.45, 7) is 1.71. The number of nitrogens with zero attached hydrogens (tertiary/aromatic N) is 1. The molecule has 1 heterocycles. The van der Waals surface area contributed by atoms with Crippen LogP contribution in [-0.2, 0) is 6.18 Å². The van der Waals surface area contributed by atoms with Crippen LogP contribution in [0.5, 0.6) is 0 Å². The molecule has 1 aromatic heterocycles. The molecule has 0 unspecified atom stereocenters. The van der Waals surface area contributed by atoms with Crippen molar-refractivity contribution in [2.75, 3.05) is 10.6 Å². The summed E-state index contributed by atoms with van der Waals surface area (Å²) in [6, 6.07) is 15.4. The van der Waals surface area contributed by atoms with Crippen LogP contribution >= 0.6 is 0 Å². The largest absolute Gasteiger partial charge is 0.441 e. The maximum atomic E-state index is 13.2. The zero-order valence-corrected chi connectivity index (χ0v) is 16.7. The summed E-state index contributed by atoms with van der Waals surface area (Å²) in [5, 5.41) is 5.13. The lowest BCUT2D eigenvalue weighted by atomic mass is 10.1. The standard InChI is InChI=1S/C23H16F3N3O3/c1-13-27-19-10-9-16(12-20(19)32-13)28-21(30)14-5-4-6-15(11-14)29-22(31)17-7-2-3-8-18(17)23(24,25)26/h2-12H,1H3,(H,28,30)(H,29,31). The molecule has 0 saturated carbocycles. The lowest BCUT2D eigenvalue weighted by Crippen LogP contribution is -2.19. The summed E-state index contributed by atoms with van der Waals surface area (Å²) in [5.74, 6) is -0.895. The summed E-state index contributed by atoms with van der Waals surface area (Å²) in [6.07, 6.45) is -4.67. The number of fused-ring (bicyclic) bond motifs is 1. The van der Waals surface area contributed by atoms with Gasteiger partial charge in [0, 0.05) is 29.9 Å². The van der Waals surface area contributed by atoms with E-state index < -0.39 is 29.1 Å². The number of benzene rings is 3. The van der Waals surface area contributed by atoms with Gasteiger partial charge in [-0.2, -0.15) is 13.2 Å². The Morgan fingerprint density at radius 2 is 1.59 bits per heavy atom.